The molecule has 0 aromatic rings. The van der Waals surface area contributed by atoms with E-state index in [-0.39, 0.29) is 12.8 Å². The van der Waals surface area contributed by atoms with E-state index in [0.717, 1.165) is 57.8 Å². The topological polar surface area (TPSA) is 210 Å². The third kappa shape index (κ3) is 34.0. The summed E-state index contributed by atoms with van der Waals surface area (Å²) < 4.78 is 33.6. The Hall–Kier alpha value is -1.41. The summed E-state index contributed by atoms with van der Waals surface area (Å²) in [5, 5.41) is 50.2. The molecule has 0 saturated heterocycles. The van der Waals surface area contributed by atoms with Gasteiger partial charge in [0.2, 0.25) is 0 Å². The van der Waals surface area contributed by atoms with Gasteiger partial charge < -0.3 is 39.9 Å². The highest BCUT2D eigenvalue weighted by atomic mass is 31.2. The second kappa shape index (κ2) is 42.5. The van der Waals surface area contributed by atoms with Crippen LogP contribution in [0.15, 0.2) is 12.2 Å². The third-order valence-electron chi connectivity index (χ3n) is 12.9. The molecule has 13 nitrogen and oxygen atoms in total. The Bertz CT molecular complexity index is 1200. The number of allylic oxidation sites excluding steroid dienone is 2. The van der Waals surface area contributed by atoms with Gasteiger partial charge in [-0.3, -0.25) is 18.6 Å². The summed E-state index contributed by atoms with van der Waals surface area (Å²) >= 11 is 0. The molecule has 6 unspecified atom stereocenters. The molecule has 0 aromatic heterocycles. The number of unbranched alkanes of at least 4 members (excludes halogenated alkanes) is 32. The lowest BCUT2D eigenvalue weighted by atomic mass is 9.85. The third-order valence-corrected chi connectivity index (χ3v) is 13.8. The first kappa shape index (κ1) is 62.6. The summed E-state index contributed by atoms with van der Waals surface area (Å²) in [5.41, 5.74) is 0. The number of phosphoric acid groups is 1. The van der Waals surface area contributed by atoms with Crippen LogP contribution in [-0.2, 0) is 32.7 Å². The zero-order valence-corrected chi connectivity index (χ0v) is 42.7. The number of aliphatic hydroxyl groups excluding tert-OH is 5. The van der Waals surface area contributed by atoms with Crippen LogP contribution in [0.25, 0.3) is 0 Å². The van der Waals surface area contributed by atoms with Crippen molar-refractivity contribution < 1.29 is 63.1 Å². The second-order valence-corrected chi connectivity index (χ2v) is 20.5. The number of phosphoric ester groups is 1. The molecule has 0 radical (unpaired) electrons. The molecule has 1 fully saturated rings. The predicted molar refractivity (Wildman–Crippen MR) is 263 cm³/mol. The van der Waals surface area contributed by atoms with Crippen molar-refractivity contribution in [2.24, 2.45) is 0 Å². The molecule has 1 rings (SSSR count). The van der Waals surface area contributed by atoms with Crippen molar-refractivity contribution in [2.45, 2.75) is 294 Å². The molecule has 14 heteroatoms. The van der Waals surface area contributed by atoms with Crippen LogP contribution in [0.4, 0.5) is 0 Å². The molecule has 0 aromatic carbocycles. The van der Waals surface area contributed by atoms with Crippen LogP contribution in [0.2, 0.25) is 0 Å². The van der Waals surface area contributed by atoms with Crippen LogP contribution in [0.1, 0.15) is 251 Å². The van der Waals surface area contributed by atoms with Gasteiger partial charge in [0.25, 0.3) is 0 Å². The van der Waals surface area contributed by atoms with Gasteiger partial charge >= 0.3 is 19.8 Å². The lowest BCUT2D eigenvalue weighted by molar-refractivity contribution is -0.220. The maximum absolute atomic E-state index is 12.8. The van der Waals surface area contributed by atoms with E-state index in [9.17, 15) is 44.6 Å². The number of carbonyl (C=O) groups excluding carboxylic acids is 2. The minimum absolute atomic E-state index is 0.0908. The number of carbonyl (C=O) groups is 2. The molecule has 1 aliphatic rings. The normalized spacial score (nSPS) is 21.3. The van der Waals surface area contributed by atoms with Crippen molar-refractivity contribution in [3.05, 3.63) is 12.2 Å². The lowest BCUT2D eigenvalue weighted by Crippen LogP contribution is -2.64. The van der Waals surface area contributed by atoms with Crippen molar-refractivity contribution >= 4 is 19.8 Å². The van der Waals surface area contributed by atoms with Crippen LogP contribution in [0.5, 0.6) is 0 Å². The second-order valence-electron chi connectivity index (χ2n) is 19.1. The van der Waals surface area contributed by atoms with Gasteiger partial charge in [-0.1, -0.05) is 212 Å². The van der Waals surface area contributed by atoms with Gasteiger partial charge in [-0.2, -0.15) is 0 Å². The molecule has 1 saturated carbocycles. The molecule has 66 heavy (non-hydrogen) atoms. The monoisotopic (exact) mass is 963 g/mol. The van der Waals surface area contributed by atoms with Gasteiger partial charge in [-0.25, -0.2) is 4.57 Å². The van der Waals surface area contributed by atoms with Crippen LogP contribution in [-0.4, -0.2) is 98.3 Å². The molecule has 0 bridgehead atoms. The van der Waals surface area contributed by atoms with Gasteiger partial charge in [0.1, 0.15) is 43.2 Å². The molecular weight excluding hydrogens is 864 g/mol. The zero-order chi connectivity index (χ0) is 48.5. The first-order valence-electron chi connectivity index (χ1n) is 27.0. The van der Waals surface area contributed by atoms with Crippen molar-refractivity contribution in [2.75, 3.05) is 13.2 Å². The van der Waals surface area contributed by atoms with Gasteiger partial charge in [-0.05, 0) is 38.5 Å². The maximum atomic E-state index is 12.8. The standard InChI is InChI=1S/C52H99O13P/c1-3-5-7-9-11-13-15-17-18-19-20-21-22-23-24-25-26-27-29-30-32-34-36-38-40-45(53)62-42-44(43-63-66(60,61)65-52-50(58)48(56)47(55)49(57)51(52)59)64-46(54)41-39-37-35-33-31-28-16-14-12-10-8-6-4-2/h14,16,44,47-52,55-59H,3-13,15,17-43H2,1-2H3,(H,60,61)/b16-14-. The highest BCUT2D eigenvalue weighted by Crippen LogP contribution is 2.47. The van der Waals surface area contributed by atoms with Crippen molar-refractivity contribution in [1.29, 1.82) is 0 Å². The molecule has 0 aliphatic heterocycles. The van der Waals surface area contributed by atoms with E-state index >= 15 is 0 Å². The van der Waals surface area contributed by atoms with E-state index in [1.54, 1.807) is 0 Å². The van der Waals surface area contributed by atoms with E-state index in [1.807, 2.05) is 0 Å². The van der Waals surface area contributed by atoms with Crippen molar-refractivity contribution in [3.63, 3.8) is 0 Å². The largest absolute Gasteiger partial charge is 0.472 e. The number of aliphatic hydroxyl groups is 5. The van der Waals surface area contributed by atoms with Gasteiger partial charge in [0.05, 0.1) is 6.61 Å². The SMILES string of the molecule is CCCCCC/C=C\CCCCCCCC(=O)OC(COC(=O)CCCCCCCCCCCCCCCCCCCCCCCCCC)COP(=O)(O)OC1C(O)C(O)C(O)C(O)C1O. The molecule has 0 spiro atoms. The van der Waals surface area contributed by atoms with E-state index in [4.69, 9.17) is 18.5 Å². The Morgan fingerprint density at radius 1 is 0.455 bits per heavy atom. The smallest absolute Gasteiger partial charge is 0.462 e. The molecule has 6 N–H and O–H groups in total. The molecule has 0 amide bonds. The van der Waals surface area contributed by atoms with Crippen LogP contribution < -0.4 is 0 Å². The van der Waals surface area contributed by atoms with Gasteiger partial charge in [0.15, 0.2) is 6.10 Å². The van der Waals surface area contributed by atoms with E-state index in [2.05, 4.69) is 26.0 Å². The average Bonchev–Trinajstić information content (AvgIpc) is 3.30. The number of hydrogen-bond donors (Lipinski definition) is 6. The Morgan fingerprint density at radius 3 is 1.17 bits per heavy atom. The van der Waals surface area contributed by atoms with Crippen LogP contribution in [0.3, 0.4) is 0 Å². The Morgan fingerprint density at radius 2 is 0.773 bits per heavy atom. The lowest BCUT2D eigenvalue weighted by Gasteiger charge is -2.41. The minimum Gasteiger partial charge on any atom is -0.462 e. The number of ether oxygens (including phenoxy) is 2. The van der Waals surface area contributed by atoms with Crippen molar-refractivity contribution in [3.8, 4) is 0 Å². The summed E-state index contributed by atoms with van der Waals surface area (Å²) in [4.78, 5) is 35.8. The average molecular weight is 963 g/mol. The van der Waals surface area contributed by atoms with Crippen LogP contribution in [0, 0.1) is 0 Å². The van der Waals surface area contributed by atoms with Crippen LogP contribution >= 0.6 is 7.82 Å². The highest BCUT2D eigenvalue weighted by molar-refractivity contribution is 7.47. The first-order valence-corrected chi connectivity index (χ1v) is 28.5. The quantitative estimate of drug-likeness (QED) is 0.0145. The minimum atomic E-state index is -5.12. The Kier molecular flexibility index (Phi) is 40.3. The number of hydrogen-bond acceptors (Lipinski definition) is 12. The summed E-state index contributed by atoms with van der Waals surface area (Å²) in [6.07, 6.45) is 34.2. The van der Waals surface area contributed by atoms with E-state index < -0.39 is 75.7 Å². The van der Waals surface area contributed by atoms with Gasteiger partial charge in [0, 0.05) is 12.8 Å². The van der Waals surface area contributed by atoms with E-state index in [1.165, 1.54) is 154 Å². The molecule has 1 aliphatic carbocycles. The Balaban J connectivity index is 2.30. The maximum Gasteiger partial charge on any atom is 0.472 e. The summed E-state index contributed by atoms with van der Waals surface area (Å²) in [6.45, 7) is 3.32. The zero-order valence-electron chi connectivity index (χ0n) is 41.8. The fourth-order valence-corrected chi connectivity index (χ4v) is 9.49. The van der Waals surface area contributed by atoms with Gasteiger partial charge in [-0.15, -0.1) is 0 Å². The van der Waals surface area contributed by atoms with Crippen molar-refractivity contribution in [1.82, 2.24) is 0 Å². The fourth-order valence-electron chi connectivity index (χ4n) is 8.52. The molecule has 390 valence electrons. The number of rotatable bonds is 46. The molecule has 6 atom stereocenters. The molecule has 0 heterocycles. The summed E-state index contributed by atoms with van der Waals surface area (Å²) in [5.74, 6) is -1.10. The Labute approximate surface area is 401 Å². The fraction of sp³-hybridized carbons (Fsp3) is 0.923. The first-order chi connectivity index (χ1) is 31.9. The van der Waals surface area contributed by atoms with E-state index in [0.29, 0.717) is 12.8 Å². The number of esters is 2. The molecular formula is C52H99O13P. The predicted octanol–water partition coefficient (Wildman–Crippen LogP) is 11.8. The summed E-state index contributed by atoms with van der Waals surface area (Å²) in [6, 6.07) is 0. The highest BCUT2D eigenvalue weighted by Gasteiger charge is 2.51. The summed E-state index contributed by atoms with van der Waals surface area (Å²) in [7, 11) is -5.12.